The van der Waals surface area contributed by atoms with Crippen molar-refractivity contribution in [1.29, 1.82) is 0 Å². The molecule has 2 N–H and O–H groups in total. The zero-order valence-electron chi connectivity index (χ0n) is 36.8. The Morgan fingerprint density at radius 3 is 0.945 bits per heavy atom. The maximum absolute atomic E-state index is 11.4. The van der Waals surface area contributed by atoms with Crippen molar-refractivity contribution in [1.82, 2.24) is 0 Å². The minimum Gasteiger partial charge on any atom is -0.507 e. The molecule has 2 aliphatic carbocycles. The second-order valence-corrected chi connectivity index (χ2v) is 22.7. The first-order valence-corrected chi connectivity index (χ1v) is 21.7. The van der Waals surface area contributed by atoms with Crippen LogP contribution in [0, 0.1) is 16.2 Å². The van der Waals surface area contributed by atoms with Gasteiger partial charge in [-0.2, -0.15) is 0 Å². The van der Waals surface area contributed by atoms with Crippen molar-refractivity contribution >= 4 is 0 Å². The normalized spacial score (nSPS) is 26.6. The number of phenolic OH excluding ortho intramolecular Hbond substituents is 2. The standard InChI is InChI=1S/C49H76O6/c1-43(2,3)35-23-33(24-36(39(35)50)44(4,5)6)27-48(19-15-13-16-20-48)41-52-29-47(30-53-41)31-54-42(55-32-47)49(21-17-14-18-22-49)28-34-25-37(45(7,8)9)40(51)38(26-34)46(10,11)12/h23-26,41-42,50-51H,13-22,27-32H2,1-12H3. The van der Waals surface area contributed by atoms with E-state index in [4.69, 9.17) is 18.9 Å². The van der Waals surface area contributed by atoms with Gasteiger partial charge in [0, 0.05) is 10.8 Å². The summed E-state index contributed by atoms with van der Waals surface area (Å²) in [5, 5.41) is 22.9. The fraction of sp³-hybridized carbons (Fsp3) is 0.755. The third kappa shape index (κ3) is 8.98. The van der Waals surface area contributed by atoms with Gasteiger partial charge >= 0.3 is 0 Å². The van der Waals surface area contributed by atoms with Gasteiger partial charge in [0.25, 0.3) is 0 Å². The predicted molar refractivity (Wildman–Crippen MR) is 223 cm³/mol. The quantitative estimate of drug-likeness (QED) is 0.305. The van der Waals surface area contributed by atoms with Crippen LogP contribution in [-0.2, 0) is 53.4 Å². The van der Waals surface area contributed by atoms with Gasteiger partial charge in [0.15, 0.2) is 12.6 Å². The van der Waals surface area contributed by atoms with Crippen molar-refractivity contribution in [3.8, 4) is 11.5 Å². The van der Waals surface area contributed by atoms with Crippen LogP contribution in [-0.4, -0.2) is 49.2 Å². The summed E-state index contributed by atoms with van der Waals surface area (Å²) in [5.74, 6) is 0.873. The van der Waals surface area contributed by atoms with Crippen molar-refractivity contribution in [2.45, 2.75) is 194 Å². The van der Waals surface area contributed by atoms with Crippen LogP contribution in [0.1, 0.15) is 181 Å². The Labute approximate surface area is 334 Å². The Morgan fingerprint density at radius 2 is 0.709 bits per heavy atom. The Bertz CT molecular complexity index is 1430. The molecule has 55 heavy (non-hydrogen) atoms. The van der Waals surface area contributed by atoms with E-state index < -0.39 is 0 Å². The maximum atomic E-state index is 11.4. The van der Waals surface area contributed by atoms with E-state index in [9.17, 15) is 10.2 Å². The lowest BCUT2D eigenvalue weighted by Gasteiger charge is -2.52. The van der Waals surface area contributed by atoms with Crippen molar-refractivity contribution in [2.24, 2.45) is 16.2 Å². The summed E-state index contributed by atoms with van der Waals surface area (Å²) in [4.78, 5) is 0. The number of aromatic hydroxyl groups is 2. The second-order valence-electron chi connectivity index (χ2n) is 22.7. The van der Waals surface area contributed by atoms with Crippen molar-refractivity contribution < 1.29 is 29.2 Å². The molecule has 0 unspecified atom stereocenters. The highest BCUT2D eigenvalue weighted by atomic mass is 16.7. The molecule has 0 amide bonds. The summed E-state index contributed by atoms with van der Waals surface area (Å²) < 4.78 is 27.4. The first-order valence-electron chi connectivity index (χ1n) is 21.7. The average Bonchev–Trinajstić information content (AvgIpc) is 3.09. The first-order chi connectivity index (χ1) is 25.5. The molecule has 6 rings (SSSR count). The summed E-state index contributed by atoms with van der Waals surface area (Å²) in [5.41, 5.74) is 5.35. The van der Waals surface area contributed by atoms with Gasteiger partial charge < -0.3 is 29.2 Å². The molecule has 0 aromatic heterocycles. The van der Waals surface area contributed by atoms with Crippen LogP contribution in [0.3, 0.4) is 0 Å². The monoisotopic (exact) mass is 761 g/mol. The van der Waals surface area contributed by atoms with Gasteiger partial charge in [-0.1, -0.05) is 146 Å². The van der Waals surface area contributed by atoms with E-state index in [1.165, 1.54) is 49.7 Å². The molecule has 4 fully saturated rings. The molecule has 2 heterocycles. The lowest BCUT2D eigenvalue weighted by atomic mass is 9.68. The van der Waals surface area contributed by atoms with Gasteiger partial charge in [0.05, 0.1) is 31.8 Å². The van der Waals surface area contributed by atoms with E-state index in [0.717, 1.165) is 60.8 Å². The average molecular weight is 761 g/mol. The molecule has 2 aromatic carbocycles. The summed E-state index contributed by atoms with van der Waals surface area (Å²) in [6, 6.07) is 9.01. The first kappa shape index (κ1) is 42.5. The molecule has 2 saturated heterocycles. The molecule has 0 atom stereocenters. The van der Waals surface area contributed by atoms with Gasteiger partial charge in [0.1, 0.15) is 11.5 Å². The molecule has 2 saturated carbocycles. The Kier molecular flexibility index (Phi) is 11.8. The summed E-state index contributed by atoms with van der Waals surface area (Å²) in [6.45, 7) is 28.5. The van der Waals surface area contributed by atoms with Crippen molar-refractivity contribution in [3.05, 3.63) is 57.6 Å². The minimum absolute atomic E-state index is 0.117. The second kappa shape index (κ2) is 15.2. The van der Waals surface area contributed by atoms with Crippen molar-refractivity contribution in [2.75, 3.05) is 26.4 Å². The van der Waals surface area contributed by atoms with Crippen LogP contribution >= 0.6 is 0 Å². The van der Waals surface area contributed by atoms with Crippen LogP contribution < -0.4 is 0 Å². The molecule has 2 aromatic rings. The molecule has 2 aliphatic heterocycles. The van der Waals surface area contributed by atoms with Gasteiger partial charge in [0.2, 0.25) is 0 Å². The topological polar surface area (TPSA) is 77.4 Å². The third-order valence-electron chi connectivity index (χ3n) is 13.5. The largest absolute Gasteiger partial charge is 0.507 e. The van der Waals surface area contributed by atoms with Gasteiger partial charge in [-0.15, -0.1) is 0 Å². The summed E-state index contributed by atoms with van der Waals surface area (Å²) in [6.07, 6.45) is 12.7. The number of benzene rings is 2. The number of hydrogen-bond donors (Lipinski definition) is 2. The highest BCUT2D eigenvalue weighted by Gasteiger charge is 2.52. The van der Waals surface area contributed by atoms with E-state index in [-0.39, 0.29) is 50.5 Å². The van der Waals surface area contributed by atoms with Gasteiger partial charge in [-0.25, -0.2) is 0 Å². The smallest absolute Gasteiger partial charge is 0.163 e. The summed E-state index contributed by atoms with van der Waals surface area (Å²) in [7, 11) is 0. The highest BCUT2D eigenvalue weighted by molar-refractivity contribution is 5.51. The Balaban J connectivity index is 1.19. The molecule has 308 valence electrons. The van der Waals surface area contributed by atoms with E-state index in [1.807, 2.05) is 0 Å². The molecule has 4 aliphatic rings. The molecule has 6 heteroatoms. The van der Waals surface area contributed by atoms with E-state index in [1.54, 1.807) is 0 Å². The number of phenols is 2. The molecule has 0 radical (unpaired) electrons. The number of rotatable bonds is 6. The Morgan fingerprint density at radius 1 is 0.455 bits per heavy atom. The van der Waals surface area contributed by atoms with Crippen LogP contribution in [0.2, 0.25) is 0 Å². The van der Waals surface area contributed by atoms with E-state index in [0.29, 0.717) is 37.9 Å². The van der Waals surface area contributed by atoms with E-state index in [2.05, 4.69) is 107 Å². The lowest BCUT2D eigenvalue weighted by Crippen LogP contribution is -2.58. The van der Waals surface area contributed by atoms with Crippen LogP contribution in [0.4, 0.5) is 0 Å². The SMILES string of the molecule is CC(C)(C)c1cc(CC2(C3OCC4(CO3)COC(C3(Cc5cc(C(C)(C)C)c(O)c(C(C)(C)C)c5)CCCCC3)OC4)CCCCC2)cc(C(C)(C)C)c1O. The van der Waals surface area contributed by atoms with Crippen LogP contribution in [0.15, 0.2) is 24.3 Å². The highest BCUT2D eigenvalue weighted by Crippen LogP contribution is 2.51. The fourth-order valence-corrected chi connectivity index (χ4v) is 10.3. The molecule has 0 bridgehead atoms. The lowest BCUT2D eigenvalue weighted by molar-refractivity contribution is -0.342. The molecular weight excluding hydrogens is 685 g/mol. The number of ether oxygens (including phenoxy) is 4. The molecular formula is C49H76O6. The zero-order chi connectivity index (χ0) is 40.2. The summed E-state index contributed by atoms with van der Waals surface area (Å²) >= 11 is 0. The minimum atomic E-state index is -0.326. The zero-order valence-corrected chi connectivity index (χ0v) is 36.8. The van der Waals surface area contributed by atoms with Crippen LogP contribution in [0.5, 0.6) is 11.5 Å². The number of hydrogen-bond acceptors (Lipinski definition) is 6. The maximum Gasteiger partial charge on any atom is 0.163 e. The fourth-order valence-electron chi connectivity index (χ4n) is 10.3. The predicted octanol–water partition coefficient (Wildman–Crippen LogP) is 11.7. The molecule has 1 spiro atoms. The molecule has 6 nitrogen and oxygen atoms in total. The van der Waals surface area contributed by atoms with Crippen molar-refractivity contribution in [3.63, 3.8) is 0 Å². The van der Waals surface area contributed by atoms with Crippen LogP contribution in [0.25, 0.3) is 0 Å². The third-order valence-corrected chi connectivity index (χ3v) is 13.5. The van der Waals surface area contributed by atoms with E-state index >= 15 is 0 Å². The Hall–Kier alpha value is -2.12. The van der Waals surface area contributed by atoms with Gasteiger partial charge in [-0.05, 0) is 93.6 Å². The van der Waals surface area contributed by atoms with Gasteiger partial charge in [-0.3, -0.25) is 0 Å².